The number of para-hydroxylation sites is 1. The van der Waals surface area contributed by atoms with Crippen LogP contribution in [0.3, 0.4) is 0 Å². The average Bonchev–Trinajstić information content (AvgIpc) is 3.12. The molecule has 0 spiro atoms. The molecule has 7 nitrogen and oxygen atoms in total. The predicted molar refractivity (Wildman–Crippen MR) is 109 cm³/mol. The van der Waals surface area contributed by atoms with Crippen LogP contribution in [0.1, 0.15) is 26.6 Å². The van der Waals surface area contributed by atoms with Gasteiger partial charge in [-0.05, 0) is 18.1 Å². The van der Waals surface area contributed by atoms with Crippen molar-refractivity contribution in [3.63, 3.8) is 0 Å². The fourth-order valence-corrected chi connectivity index (χ4v) is 2.53. The summed E-state index contributed by atoms with van der Waals surface area (Å²) in [7, 11) is 2.04. The highest BCUT2D eigenvalue weighted by molar-refractivity contribution is 5.79. The van der Waals surface area contributed by atoms with Crippen LogP contribution in [-0.4, -0.2) is 58.9 Å². The zero-order valence-electron chi connectivity index (χ0n) is 16.9. The second-order valence-electron chi connectivity index (χ2n) is 6.86. The van der Waals surface area contributed by atoms with E-state index >= 15 is 0 Å². The second kappa shape index (κ2) is 11.2. The fourth-order valence-electron chi connectivity index (χ4n) is 2.53. The van der Waals surface area contributed by atoms with E-state index in [1.807, 2.05) is 37.4 Å². The largest absolute Gasteiger partial charge is 0.492 e. The number of aromatic nitrogens is 3. The maximum atomic E-state index is 5.80. The van der Waals surface area contributed by atoms with Crippen molar-refractivity contribution in [3.8, 4) is 5.75 Å². The fraction of sp³-hybridized carbons (Fsp3) is 0.550. The maximum absolute atomic E-state index is 5.80. The number of nitrogens with one attached hydrogen (secondary N) is 1. The lowest BCUT2D eigenvalue weighted by molar-refractivity contribution is 0.281. The van der Waals surface area contributed by atoms with Gasteiger partial charge in [-0.2, -0.15) is 0 Å². The minimum absolute atomic E-state index is 0.514. The van der Waals surface area contributed by atoms with Crippen LogP contribution in [0.4, 0.5) is 0 Å². The molecule has 1 aromatic heterocycles. The van der Waals surface area contributed by atoms with Gasteiger partial charge >= 0.3 is 0 Å². The molecule has 1 aromatic carbocycles. The summed E-state index contributed by atoms with van der Waals surface area (Å²) in [6.07, 6.45) is 2.66. The Morgan fingerprint density at radius 1 is 1.30 bits per heavy atom. The van der Waals surface area contributed by atoms with Crippen LogP contribution in [0.2, 0.25) is 0 Å². The van der Waals surface area contributed by atoms with Gasteiger partial charge in [-0.15, -0.1) is 10.2 Å². The molecule has 7 heteroatoms. The van der Waals surface area contributed by atoms with Gasteiger partial charge in [0.2, 0.25) is 0 Å². The number of benzene rings is 1. The van der Waals surface area contributed by atoms with Crippen molar-refractivity contribution in [2.24, 2.45) is 10.9 Å². The molecule has 0 amide bonds. The Morgan fingerprint density at radius 3 is 2.78 bits per heavy atom. The molecule has 0 aliphatic heterocycles. The van der Waals surface area contributed by atoms with E-state index in [0.29, 0.717) is 12.5 Å². The SMILES string of the molecule is CCc1nncn1CCNC(=NCC(C)C)N(C)CCOc1ccccc1. The van der Waals surface area contributed by atoms with Crippen molar-refractivity contribution in [2.45, 2.75) is 33.7 Å². The summed E-state index contributed by atoms with van der Waals surface area (Å²) in [6, 6.07) is 9.88. The highest BCUT2D eigenvalue weighted by Crippen LogP contribution is 2.07. The molecule has 0 fully saturated rings. The molecule has 0 saturated heterocycles. The Morgan fingerprint density at radius 2 is 2.07 bits per heavy atom. The molecule has 0 unspecified atom stereocenters. The lowest BCUT2D eigenvalue weighted by atomic mass is 10.2. The summed E-state index contributed by atoms with van der Waals surface area (Å²) in [4.78, 5) is 6.85. The molecule has 0 aliphatic rings. The number of rotatable bonds is 10. The molecule has 1 N–H and O–H groups in total. The van der Waals surface area contributed by atoms with Gasteiger partial charge in [0.1, 0.15) is 24.5 Å². The van der Waals surface area contributed by atoms with E-state index in [1.54, 1.807) is 6.33 Å². The van der Waals surface area contributed by atoms with Crippen molar-refractivity contribution in [1.29, 1.82) is 0 Å². The molecule has 1 heterocycles. The number of likely N-dealkylation sites (N-methyl/N-ethyl adjacent to an activating group) is 1. The number of hydrogen-bond donors (Lipinski definition) is 1. The topological polar surface area (TPSA) is 67.6 Å². The summed E-state index contributed by atoms with van der Waals surface area (Å²) in [5.74, 6) is 3.30. The van der Waals surface area contributed by atoms with E-state index in [2.05, 4.69) is 45.8 Å². The zero-order valence-corrected chi connectivity index (χ0v) is 16.9. The normalized spacial score (nSPS) is 11.7. The standard InChI is InChI=1S/C20H32N6O/c1-5-19-24-23-16-26(19)12-11-21-20(22-15-17(2)3)25(4)13-14-27-18-9-7-6-8-10-18/h6-10,16-17H,5,11-15H2,1-4H3,(H,21,22). The Bertz CT molecular complexity index is 683. The molecule has 0 aliphatic carbocycles. The van der Waals surface area contributed by atoms with Crippen LogP contribution in [0.5, 0.6) is 5.75 Å². The first-order valence-electron chi connectivity index (χ1n) is 9.64. The van der Waals surface area contributed by atoms with Gasteiger partial charge in [-0.3, -0.25) is 4.99 Å². The average molecular weight is 373 g/mol. The number of aliphatic imine (C=N–C) groups is 1. The van der Waals surface area contributed by atoms with Gasteiger partial charge in [-0.1, -0.05) is 39.0 Å². The van der Waals surface area contributed by atoms with Crippen LogP contribution in [0.15, 0.2) is 41.7 Å². The number of ether oxygens (including phenoxy) is 1. The summed E-state index contributed by atoms with van der Waals surface area (Å²) in [6.45, 7) is 10.2. The third-order valence-electron chi connectivity index (χ3n) is 4.05. The van der Waals surface area contributed by atoms with E-state index in [-0.39, 0.29) is 0 Å². The van der Waals surface area contributed by atoms with E-state index in [1.165, 1.54) is 0 Å². The third kappa shape index (κ3) is 7.29. The van der Waals surface area contributed by atoms with Gasteiger partial charge in [-0.25, -0.2) is 0 Å². The number of nitrogens with zero attached hydrogens (tertiary/aromatic N) is 5. The van der Waals surface area contributed by atoms with Gasteiger partial charge in [0.15, 0.2) is 5.96 Å². The Labute approximate surface area is 162 Å². The van der Waals surface area contributed by atoms with Crippen LogP contribution >= 0.6 is 0 Å². The van der Waals surface area contributed by atoms with Crippen LogP contribution in [-0.2, 0) is 13.0 Å². The lowest BCUT2D eigenvalue weighted by Gasteiger charge is -2.23. The zero-order chi connectivity index (χ0) is 19.5. The second-order valence-corrected chi connectivity index (χ2v) is 6.86. The Kier molecular flexibility index (Phi) is 8.61. The Hall–Kier alpha value is -2.57. The lowest BCUT2D eigenvalue weighted by Crippen LogP contribution is -2.42. The first-order valence-corrected chi connectivity index (χ1v) is 9.64. The molecular formula is C20H32N6O. The summed E-state index contributed by atoms with van der Waals surface area (Å²) in [5, 5.41) is 11.6. The third-order valence-corrected chi connectivity index (χ3v) is 4.05. The van der Waals surface area contributed by atoms with Crippen molar-refractivity contribution in [2.75, 3.05) is 33.3 Å². The van der Waals surface area contributed by atoms with E-state index in [9.17, 15) is 0 Å². The van der Waals surface area contributed by atoms with E-state index in [4.69, 9.17) is 9.73 Å². The van der Waals surface area contributed by atoms with Crippen molar-refractivity contribution < 1.29 is 4.74 Å². The van der Waals surface area contributed by atoms with Gasteiger partial charge in [0.05, 0.1) is 6.54 Å². The van der Waals surface area contributed by atoms with Crippen molar-refractivity contribution in [1.82, 2.24) is 25.0 Å². The minimum Gasteiger partial charge on any atom is -0.492 e. The molecule has 148 valence electrons. The van der Waals surface area contributed by atoms with Crippen LogP contribution in [0.25, 0.3) is 0 Å². The monoisotopic (exact) mass is 372 g/mol. The molecule has 2 rings (SSSR count). The van der Waals surface area contributed by atoms with E-state index in [0.717, 1.165) is 50.1 Å². The number of hydrogen-bond acceptors (Lipinski definition) is 4. The van der Waals surface area contributed by atoms with Gasteiger partial charge in [0.25, 0.3) is 0 Å². The first-order chi connectivity index (χ1) is 13.1. The first kappa shape index (κ1) is 20.7. The molecule has 27 heavy (non-hydrogen) atoms. The highest BCUT2D eigenvalue weighted by atomic mass is 16.5. The summed E-state index contributed by atoms with van der Waals surface area (Å²) >= 11 is 0. The Balaban J connectivity index is 1.85. The molecule has 0 atom stereocenters. The van der Waals surface area contributed by atoms with Crippen molar-refractivity contribution in [3.05, 3.63) is 42.5 Å². The minimum atomic E-state index is 0.514. The predicted octanol–water partition coefficient (Wildman–Crippen LogP) is 2.45. The number of aryl methyl sites for hydroxylation is 1. The molecule has 2 aromatic rings. The highest BCUT2D eigenvalue weighted by Gasteiger charge is 2.08. The number of guanidine groups is 1. The van der Waals surface area contributed by atoms with Gasteiger partial charge < -0.3 is 19.5 Å². The molecular weight excluding hydrogens is 340 g/mol. The maximum Gasteiger partial charge on any atom is 0.193 e. The molecule has 0 bridgehead atoms. The van der Waals surface area contributed by atoms with Gasteiger partial charge in [0, 0.05) is 33.1 Å². The van der Waals surface area contributed by atoms with E-state index < -0.39 is 0 Å². The summed E-state index contributed by atoms with van der Waals surface area (Å²) in [5.41, 5.74) is 0. The summed E-state index contributed by atoms with van der Waals surface area (Å²) < 4.78 is 7.88. The van der Waals surface area contributed by atoms with Crippen LogP contribution in [0, 0.1) is 5.92 Å². The molecule has 0 saturated carbocycles. The molecule has 0 radical (unpaired) electrons. The van der Waals surface area contributed by atoms with Crippen molar-refractivity contribution >= 4 is 5.96 Å². The smallest absolute Gasteiger partial charge is 0.193 e. The van der Waals surface area contributed by atoms with Crippen LogP contribution < -0.4 is 10.1 Å². The quantitative estimate of drug-likeness (QED) is 0.513.